The second kappa shape index (κ2) is 5.02. The van der Waals surface area contributed by atoms with Crippen molar-refractivity contribution in [3.8, 4) is 0 Å². The largest absolute Gasteiger partial charge is 0.348 e. The van der Waals surface area contributed by atoms with Crippen molar-refractivity contribution in [3.63, 3.8) is 0 Å². The minimum Gasteiger partial charge on any atom is -0.348 e. The van der Waals surface area contributed by atoms with Crippen molar-refractivity contribution < 1.29 is 4.79 Å². The highest BCUT2D eigenvalue weighted by molar-refractivity contribution is 9.10. The molecule has 0 aromatic heterocycles. The van der Waals surface area contributed by atoms with Crippen molar-refractivity contribution in [3.05, 3.63) is 34.3 Å². The Balaban J connectivity index is 1.68. The fraction of sp³-hybridized carbons (Fsp3) is 0.500. The zero-order chi connectivity index (χ0) is 12.5. The highest BCUT2D eigenvalue weighted by Gasteiger charge is 2.34. The molecule has 3 saturated heterocycles. The van der Waals surface area contributed by atoms with E-state index in [1.807, 2.05) is 24.3 Å². The number of piperidine rings is 3. The number of hydrogen-bond acceptors (Lipinski definition) is 2. The maximum atomic E-state index is 12.2. The number of nitrogens with one attached hydrogen (secondary N) is 1. The lowest BCUT2D eigenvalue weighted by Crippen LogP contribution is -2.57. The Morgan fingerprint density at radius 3 is 2.72 bits per heavy atom. The molecule has 2 bridgehead atoms. The smallest absolute Gasteiger partial charge is 0.251 e. The van der Waals surface area contributed by atoms with E-state index in [-0.39, 0.29) is 5.91 Å². The summed E-state index contributed by atoms with van der Waals surface area (Å²) in [5.74, 6) is 0.723. The van der Waals surface area contributed by atoms with E-state index in [2.05, 4.69) is 26.1 Å². The Bertz CT molecular complexity index is 455. The van der Waals surface area contributed by atoms with E-state index in [1.165, 1.54) is 25.9 Å². The van der Waals surface area contributed by atoms with Crippen molar-refractivity contribution in [1.29, 1.82) is 0 Å². The van der Waals surface area contributed by atoms with Gasteiger partial charge in [0.1, 0.15) is 0 Å². The van der Waals surface area contributed by atoms with Crippen LogP contribution in [0.25, 0.3) is 0 Å². The van der Waals surface area contributed by atoms with Gasteiger partial charge in [-0.05, 0) is 50.0 Å². The Morgan fingerprint density at radius 2 is 2.11 bits per heavy atom. The van der Waals surface area contributed by atoms with Gasteiger partial charge in [-0.15, -0.1) is 0 Å². The van der Waals surface area contributed by atoms with Crippen molar-refractivity contribution >= 4 is 21.8 Å². The summed E-state index contributed by atoms with van der Waals surface area (Å²) in [5.41, 5.74) is 0.737. The second-order valence-corrected chi connectivity index (χ2v) is 6.14. The summed E-state index contributed by atoms with van der Waals surface area (Å²) in [5, 5.41) is 3.19. The summed E-state index contributed by atoms with van der Waals surface area (Å²) in [4.78, 5) is 14.6. The minimum atomic E-state index is 0.0510. The molecule has 3 fully saturated rings. The van der Waals surface area contributed by atoms with Gasteiger partial charge in [0.15, 0.2) is 0 Å². The number of benzene rings is 1. The van der Waals surface area contributed by atoms with E-state index >= 15 is 0 Å². The van der Waals surface area contributed by atoms with E-state index in [0.29, 0.717) is 12.0 Å². The first kappa shape index (κ1) is 12.2. The first-order valence-electron chi connectivity index (χ1n) is 6.51. The quantitative estimate of drug-likeness (QED) is 0.909. The van der Waals surface area contributed by atoms with Gasteiger partial charge in [-0.3, -0.25) is 4.79 Å². The molecule has 0 aliphatic carbocycles. The molecule has 3 aliphatic rings. The minimum absolute atomic E-state index is 0.0510. The van der Waals surface area contributed by atoms with Gasteiger partial charge in [0.2, 0.25) is 0 Å². The number of rotatable bonds is 2. The van der Waals surface area contributed by atoms with Gasteiger partial charge in [0, 0.05) is 22.6 Å². The lowest BCUT2D eigenvalue weighted by Gasteiger charge is -2.44. The molecule has 1 aromatic rings. The molecule has 4 heteroatoms. The molecule has 0 spiro atoms. The fourth-order valence-electron chi connectivity index (χ4n) is 3.01. The maximum absolute atomic E-state index is 12.2. The van der Waals surface area contributed by atoms with Gasteiger partial charge in [0.25, 0.3) is 5.91 Å². The van der Waals surface area contributed by atoms with Gasteiger partial charge in [0.05, 0.1) is 0 Å². The number of carbonyl (C=O) groups is 1. The van der Waals surface area contributed by atoms with Gasteiger partial charge in [-0.1, -0.05) is 22.0 Å². The summed E-state index contributed by atoms with van der Waals surface area (Å²) in [6, 6.07) is 7.90. The average molecular weight is 309 g/mol. The van der Waals surface area contributed by atoms with Crippen molar-refractivity contribution in [1.82, 2.24) is 10.2 Å². The SMILES string of the molecule is O=C(NC1CN2CCC1CC2)c1cccc(Br)c1. The van der Waals surface area contributed by atoms with Gasteiger partial charge >= 0.3 is 0 Å². The van der Waals surface area contributed by atoms with Crippen LogP contribution < -0.4 is 5.32 Å². The van der Waals surface area contributed by atoms with Crippen LogP contribution in [0.4, 0.5) is 0 Å². The maximum Gasteiger partial charge on any atom is 0.251 e. The standard InChI is InChI=1S/C14H17BrN2O/c15-12-3-1-2-11(8-12)14(18)16-13-9-17-6-4-10(13)5-7-17/h1-3,8,10,13H,4-7,9H2,(H,16,18). The zero-order valence-corrected chi connectivity index (χ0v) is 11.8. The van der Waals surface area contributed by atoms with Gasteiger partial charge in [-0.25, -0.2) is 0 Å². The van der Waals surface area contributed by atoms with Crippen LogP contribution in [0, 0.1) is 5.92 Å². The molecule has 1 amide bonds. The molecule has 1 unspecified atom stereocenters. The molecule has 18 heavy (non-hydrogen) atoms. The predicted molar refractivity (Wildman–Crippen MR) is 74.6 cm³/mol. The summed E-state index contributed by atoms with van der Waals surface area (Å²) >= 11 is 3.40. The number of hydrogen-bond donors (Lipinski definition) is 1. The lowest BCUT2D eigenvalue weighted by molar-refractivity contribution is 0.0620. The number of carbonyl (C=O) groups excluding carboxylic acids is 1. The summed E-state index contributed by atoms with van der Waals surface area (Å²) in [6.45, 7) is 3.42. The molecule has 1 aromatic carbocycles. The summed E-state index contributed by atoms with van der Waals surface area (Å²) in [6.07, 6.45) is 2.45. The molecule has 3 nitrogen and oxygen atoms in total. The Morgan fingerprint density at radius 1 is 1.33 bits per heavy atom. The lowest BCUT2D eigenvalue weighted by atomic mass is 9.84. The second-order valence-electron chi connectivity index (χ2n) is 5.23. The van der Waals surface area contributed by atoms with Crippen LogP contribution in [-0.4, -0.2) is 36.5 Å². The molecule has 1 N–H and O–H groups in total. The van der Waals surface area contributed by atoms with E-state index in [9.17, 15) is 4.79 Å². The Labute approximate surface area is 116 Å². The van der Waals surface area contributed by atoms with Crippen molar-refractivity contribution in [2.24, 2.45) is 5.92 Å². The van der Waals surface area contributed by atoms with Gasteiger partial charge in [-0.2, -0.15) is 0 Å². The predicted octanol–water partition coefficient (Wildman–Crippen LogP) is 2.27. The molecule has 3 aliphatic heterocycles. The van der Waals surface area contributed by atoms with Gasteiger partial charge < -0.3 is 10.2 Å². The molecule has 4 rings (SSSR count). The van der Waals surface area contributed by atoms with E-state index < -0.39 is 0 Å². The number of halogens is 1. The average Bonchev–Trinajstić information content (AvgIpc) is 2.40. The monoisotopic (exact) mass is 308 g/mol. The summed E-state index contributed by atoms with van der Waals surface area (Å²) < 4.78 is 0.948. The molecule has 96 valence electrons. The number of fused-ring (bicyclic) bond motifs is 3. The van der Waals surface area contributed by atoms with Crippen LogP contribution in [0.3, 0.4) is 0 Å². The van der Waals surface area contributed by atoms with E-state index in [1.54, 1.807) is 0 Å². The topological polar surface area (TPSA) is 32.3 Å². The third-order valence-electron chi connectivity index (χ3n) is 4.06. The van der Waals surface area contributed by atoms with Crippen molar-refractivity contribution in [2.45, 2.75) is 18.9 Å². The molecule has 0 saturated carbocycles. The highest BCUT2D eigenvalue weighted by Crippen LogP contribution is 2.27. The first-order chi connectivity index (χ1) is 8.72. The summed E-state index contributed by atoms with van der Waals surface area (Å²) in [7, 11) is 0. The highest BCUT2D eigenvalue weighted by atomic mass is 79.9. The van der Waals surface area contributed by atoms with Crippen LogP contribution in [0.15, 0.2) is 28.7 Å². The molecular weight excluding hydrogens is 292 g/mol. The molecule has 0 radical (unpaired) electrons. The fourth-order valence-corrected chi connectivity index (χ4v) is 3.41. The van der Waals surface area contributed by atoms with Crippen LogP contribution in [-0.2, 0) is 0 Å². The van der Waals surface area contributed by atoms with Crippen molar-refractivity contribution in [2.75, 3.05) is 19.6 Å². The third-order valence-corrected chi connectivity index (χ3v) is 4.55. The number of nitrogens with zero attached hydrogens (tertiary/aromatic N) is 1. The molecule has 1 atom stereocenters. The zero-order valence-electron chi connectivity index (χ0n) is 10.2. The van der Waals surface area contributed by atoms with Crippen LogP contribution >= 0.6 is 15.9 Å². The van der Waals surface area contributed by atoms with Crippen LogP contribution in [0.5, 0.6) is 0 Å². The molecule has 3 heterocycles. The van der Waals surface area contributed by atoms with Crippen LogP contribution in [0.2, 0.25) is 0 Å². The van der Waals surface area contributed by atoms with E-state index in [0.717, 1.165) is 16.6 Å². The Kier molecular flexibility index (Phi) is 3.39. The first-order valence-corrected chi connectivity index (χ1v) is 7.30. The normalized spacial score (nSPS) is 30.2. The third kappa shape index (κ3) is 2.45. The number of amides is 1. The van der Waals surface area contributed by atoms with E-state index in [4.69, 9.17) is 0 Å². The Hall–Kier alpha value is -0.870. The van der Waals surface area contributed by atoms with Crippen LogP contribution in [0.1, 0.15) is 23.2 Å². The molecular formula is C14H17BrN2O.